The molecule has 0 aliphatic carbocycles. The zero-order valence-electron chi connectivity index (χ0n) is 7.00. The van der Waals surface area contributed by atoms with E-state index in [0.29, 0.717) is 6.54 Å². The van der Waals surface area contributed by atoms with Gasteiger partial charge in [-0.2, -0.15) is 5.10 Å². The van der Waals surface area contributed by atoms with E-state index in [1.165, 1.54) is 6.07 Å². The Kier molecular flexibility index (Phi) is 2.63. The highest BCUT2D eigenvalue weighted by atomic mass is 16.4. The molecular weight excluding hydrogens is 174 g/mol. The van der Waals surface area contributed by atoms with E-state index in [1.807, 2.05) is 0 Å². The van der Waals surface area contributed by atoms with Crippen molar-refractivity contribution in [2.45, 2.75) is 6.92 Å². The SMILES string of the molecule is CCNC(=O)c1cc(C(=O)O)[nH]n1. The van der Waals surface area contributed by atoms with E-state index in [4.69, 9.17) is 5.11 Å². The average molecular weight is 183 g/mol. The molecule has 0 bridgehead atoms. The van der Waals surface area contributed by atoms with Gasteiger partial charge in [-0.25, -0.2) is 4.79 Å². The summed E-state index contributed by atoms with van der Waals surface area (Å²) in [7, 11) is 0. The van der Waals surface area contributed by atoms with E-state index < -0.39 is 5.97 Å². The standard InChI is InChI=1S/C7H9N3O3/c1-2-8-6(11)4-3-5(7(12)13)10-9-4/h3H,2H2,1H3,(H,8,11)(H,9,10)(H,12,13). The Hall–Kier alpha value is -1.85. The van der Waals surface area contributed by atoms with E-state index in [9.17, 15) is 9.59 Å². The highest BCUT2D eigenvalue weighted by Crippen LogP contribution is 1.98. The summed E-state index contributed by atoms with van der Waals surface area (Å²) in [4.78, 5) is 21.5. The molecule has 1 amide bonds. The number of carbonyl (C=O) groups excluding carboxylic acids is 1. The van der Waals surface area contributed by atoms with Crippen LogP contribution in [0.2, 0.25) is 0 Å². The van der Waals surface area contributed by atoms with Crippen molar-refractivity contribution in [1.82, 2.24) is 15.5 Å². The molecule has 3 N–H and O–H groups in total. The Bertz CT molecular complexity index is 331. The van der Waals surface area contributed by atoms with Gasteiger partial charge in [0, 0.05) is 12.6 Å². The molecule has 1 rings (SSSR count). The molecule has 6 heteroatoms. The molecular formula is C7H9N3O3. The van der Waals surface area contributed by atoms with E-state index >= 15 is 0 Å². The average Bonchev–Trinajstić information content (AvgIpc) is 2.52. The molecule has 70 valence electrons. The third-order valence-electron chi connectivity index (χ3n) is 1.38. The molecule has 6 nitrogen and oxygen atoms in total. The normalized spacial score (nSPS) is 9.62. The minimum Gasteiger partial charge on any atom is -0.477 e. The molecule has 1 heterocycles. The van der Waals surface area contributed by atoms with Crippen LogP contribution < -0.4 is 5.32 Å². The van der Waals surface area contributed by atoms with Crippen molar-refractivity contribution in [3.8, 4) is 0 Å². The molecule has 0 unspecified atom stereocenters. The quantitative estimate of drug-likeness (QED) is 0.607. The fraction of sp³-hybridized carbons (Fsp3) is 0.286. The van der Waals surface area contributed by atoms with Gasteiger partial charge in [0.05, 0.1) is 0 Å². The molecule has 0 aliphatic rings. The monoisotopic (exact) mass is 183 g/mol. The number of carboxylic acids is 1. The first kappa shape index (κ1) is 9.24. The van der Waals surface area contributed by atoms with E-state index in [1.54, 1.807) is 6.92 Å². The summed E-state index contributed by atoms with van der Waals surface area (Å²) in [6.07, 6.45) is 0. The number of nitrogens with one attached hydrogen (secondary N) is 2. The number of aromatic carboxylic acids is 1. The number of nitrogens with zero attached hydrogens (tertiary/aromatic N) is 1. The molecule has 0 aromatic carbocycles. The molecule has 13 heavy (non-hydrogen) atoms. The van der Waals surface area contributed by atoms with Crippen molar-refractivity contribution in [3.63, 3.8) is 0 Å². The fourth-order valence-corrected chi connectivity index (χ4v) is 0.799. The molecule has 0 fully saturated rings. The predicted molar refractivity (Wildman–Crippen MR) is 43.6 cm³/mol. The number of carbonyl (C=O) groups is 2. The first-order chi connectivity index (χ1) is 6.15. The zero-order valence-corrected chi connectivity index (χ0v) is 7.00. The predicted octanol–water partition coefficient (Wildman–Crippen LogP) is -0.142. The minimum atomic E-state index is -1.14. The van der Waals surface area contributed by atoms with Crippen molar-refractivity contribution in [2.24, 2.45) is 0 Å². The fourth-order valence-electron chi connectivity index (χ4n) is 0.799. The van der Waals surface area contributed by atoms with Gasteiger partial charge in [0.15, 0.2) is 5.69 Å². The lowest BCUT2D eigenvalue weighted by molar-refractivity contribution is 0.0690. The van der Waals surface area contributed by atoms with Crippen LogP contribution in [0.4, 0.5) is 0 Å². The summed E-state index contributed by atoms with van der Waals surface area (Å²) in [5.41, 5.74) is -0.0134. The summed E-state index contributed by atoms with van der Waals surface area (Å²) in [6.45, 7) is 2.25. The van der Waals surface area contributed by atoms with Crippen LogP contribution >= 0.6 is 0 Å². The van der Waals surface area contributed by atoms with Gasteiger partial charge >= 0.3 is 5.97 Å². The third kappa shape index (κ3) is 2.05. The van der Waals surface area contributed by atoms with Crippen molar-refractivity contribution in [2.75, 3.05) is 6.54 Å². The molecule has 1 aromatic heterocycles. The molecule has 0 atom stereocenters. The van der Waals surface area contributed by atoms with Crippen molar-refractivity contribution in [3.05, 3.63) is 17.5 Å². The minimum absolute atomic E-state index is 0.0826. The Morgan fingerprint density at radius 2 is 2.38 bits per heavy atom. The maximum absolute atomic E-state index is 11.1. The topological polar surface area (TPSA) is 95.1 Å². The van der Waals surface area contributed by atoms with Crippen molar-refractivity contribution < 1.29 is 14.7 Å². The summed E-state index contributed by atoms with van der Waals surface area (Å²) in [6, 6.07) is 1.19. The summed E-state index contributed by atoms with van der Waals surface area (Å²) < 4.78 is 0. The summed E-state index contributed by atoms with van der Waals surface area (Å²) in [5, 5.41) is 16.8. The van der Waals surface area contributed by atoms with Gasteiger partial charge in [-0.15, -0.1) is 0 Å². The molecule has 0 aliphatic heterocycles. The molecule has 0 saturated heterocycles. The number of H-pyrrole nitrogens is 1. The number of aromatic amines is 1. The largest absolute Gasteiger partial charge is 0.477 e. The maximum Gasteiger partial charge on any atom is 0.353 e. The van der Waals surface area contributed by atoms with Gasteiger partial charge in [0.2, 0.25) is 0 Å². The zero-order chi connectivity index (χ0) is 9.84. The number of carboxylic acid groups (broad SMARTS) is 1. The molecule has 0 radical (unpaired) electrons. The number of rotatable bonds is 3. The van der Waals surface area contributed by atoms with Gasteiger partial charge in [-0.3, -0.25) is 9.89 Å². The highest BCUT2D eigenvalue weighted by Gasteiger charge is 2.12. The van der Waals surface area contributed by atoms with Gasteiger partial charge in [0.1, 0.15) is 5.69 Å². The Balaban J connectivity index is 2.79. The van der Waals surface area contributed by atoms with Crippen LogP contribution in [-0.2, 0) is 0 Å². The number of amides is 1. The first-order valence-electron chi connectivity index (χ1n) is 3.72. The lowest BCUT2D eigenvalue weighted by atomic mass is 10.3. The molecule has 0 spiro atoms. The second kappa shape index (κ2) is 3.70. The van der Waals surface area contributed by atoms with Gasteiger partial charge < -0.3 is 10.4 Å². The summed E-state index contributed by atoms with van der Waals surface area (Å²) >= 11 is 0. The Morgan fingerprint density at radius 3 is 2.85 bits per heavy atom. The van der Waals surface area contributed by atoms with Crippen LogP contribution in [-0.4, -0.2) is 33.7 Å². The Morgan fingerprint density at radius 1 is 1.69 bits per heavy atom. The lowest BCUT2D eigenvalue weighted by Crippen LogP contribution is -2.22. The van der Waals surface area contributed by atoms with E-state index in [2.05, 4.69) is 15.5 Å². The molecule has 0 saturated carbocycles. The second-order valence-electron chi connectivity index (χ2n) is 2.33. The van der Waals surface area contributed by atoms with Gasteiger partial charge in [-0.1, -0.05) is 0 Å². The number of hydrogen-bond acceptors (Lipinski definition) is 3. The van der Waals surface area contributed by atoms with Gasteiger partial charge in [-0.05, 0) is 6.92 Å². The van der Waals surface area contributed by atoms with Gasteiger partial charge in [0.25, 0.3) is 5.91 Å². The van der Waals surface area contributed by atoms with E-state index in [0.717, 1.165) is 0 Å². The van der Waals surface area contributed by atoms with Crippen LogP contribution in [0.5, 0.6) is 0 Å². The van der Waals surface area contributed by atoms with E-state index in [-0.39, 0.29) is 17.3 Å². The third-order valence-corrected chi connectivity index (χ3v) is 1.38. The van der Waals surface area contributed by atoms with Crippen LogP contribution in [0, 0.1) is 0 Å². The number of aromatic nitrogens is 2. The number of hydrogen-bond donors (Lipinski definition) is 3. The molecule has 1 aromatic rings. The van der Waals surface area contributed by atoms with Crippen LogP contribution in [0.15, 0.2) is 6.07 Å². The van der Waals surface area contributed by atoms with Crippen LogP contribution in [0.25, 0.3) is 0 Å². The first-order valence-corrected chi connectivity index (χ1v) is 3.72. The Labute approximate surface area is 74.0 Å². The highest BCUT2D eigenvalue weighted by molar-refractivity contribution is 5.95. The summed E-state index contributed by atoms with van der Waals surface area (Å²) in [5.74, 6) is -1.52. The lowest BCUT2D eigenvalue weighted by Gasteiger charge is -1.94. The van der Waals surface area contributed by atoms with Crippen LogP contribution in [0.1, 0.15) is 27.9 Å². The van der Waals surface area contributed by atoms with Crippen LogP contribution in [0.3, 0.4) is 0 Å². The smallest absolute Gasteiger partial charge is 0.353 e. The second-order valence-corrected chi connectivity index (χ2v) is 2.33. The maximum atomic E-state index is 11.1. The van der Waals surface area contributed by atoms with Crippen molar-refractivity contribution >= 4 is 11.9 Å². The van der Waals surface area contributed by atoms with Crippen molar-refractivity contribution in [1.29, 1.82) is 0 Å².